The summed E-state index contributed by atoms with van der Waals surface area (Å²) in [6, 6.07) is 11.1. The molecular weight excluding hydrogens is 399 g/mol. The van der Waals surface area contributed by atoms with E-state index < -0.39 is 10.0 Å². The van der Waals surface area contributed by atoms with Crippen LogP contribution in [-0.2, 0) is 10.0 Å². The minimum Gasteiger partial charge on any atom is -0.340 e. The highest BCUT2D eigenvalue weighted by molar-refractivity contribution is 7.89. The van der Waals surface area contributed by atoms with Gasteiger partial charge in [-0.1, -0.05) is 18.2 Å². The first-order valence-electron chi connectivity index (χ1n) is 8.21. The number of sulfonamides is 1. The van der Waals surface area contributed by atoms with Crippen molar-refractivity contribution in [1.29, 1.82) is 0 Å². The molecule has 0 spiro atoms. The van der Waals surface area contributed by atoms with Crippen LogP contribution < -0.4 is 10.5 Å². The van der Waals surface area contributed by atoms with Gasteiger partial charge in [-0.05, 0) is 42.3 Å². The Morgan fingerprint density at radius 3 is 2.57 bits per heavy atom. The molecule has 0 aliphatic carbocycles. The van der Waals surface area contributed by atoms with Crippen LogP contribution in [0.3, 0.4) is 0 Å². The highest BCUT2D eigenvalue weighted by Crippen LogP contribution is 2.37. The van der Waals surface area contributed by atoms with Crippen LogP contribution in [0.25, 0.3) is 21.3 Å². The first-order valence-corrected chi connectivity index (χ1v) is 10.6. The lowest BCUT2D eigenvalue weighted by Crippen LogP contribution is -2.14. The molecule has 0 radical (unpaired) electrons. The summed E-state index contributed by atoms with van der Waals surface area (Å²) in [5.41, 5.74) is 2.79. The molecule has 2 aromatic heterocycles. The quantitative estimate of drug-likeness (QED) is 0.522. The van der Waals surface area contributed by atoms with Crippen molar-refractivity contribution < 1.29 is 12.8 Å². The first-order chi connectivity index (χ1) is 13.3. The number of aryl methyl sites for hydroxylation is 1. The van der Waals surface area contributed by atoms with Crippen LogP contribution in [0.2, 0.25) is 0 Å². The summed E-state index contributed by atoms with van der Waals surface area (Å²) in [6.45, 7) is 1.68. The van der Waals surface area contributed by atoms with Gasteiger partial charge in [-0.3, -0.25) is 0 Å². The number of hydrogen-bond acceptors (Lipinski definition) is 6. The van der Waals surface area contributed by atoms with Crippen LogP contribution in [0.4, 0.5) is 15.9 Å². The number of nitrogens with zero attached hydrogens (tertiary/aromatic N) is 2. The Kier molecular flexibility index (Phi) is 4.58. The monoisotopic (exact) mass is 414 g/mol. The third-order valence-corrected chi connectivity index (χ3v) is 6.22. The molecule has 0 aliphatic heterocycles. The number of fused-ring (bicyclic) bond motifs is 1. The molecule has 28 heavy (non-hydrogen) atoms. The summed E-state index contributed by atoms with van der Waals surface area (Å²) in [5, 5.41) is 11.2. The summed E-state index contributed by atoms with van der Waals surface area (Å²) < 4.78 is 36.9. The van der Waals surface area contributed by atoms with E-state index in [9.17, 15) is 12.8 Å². The fourth-order valence-corrected chi connectivity index (χ4v) is 4.66. The largest absolute Gasteiger partial charge is 0.340 e. The van der Waals surface area contributed by atoms with Gasteiger partial charge in [0.1, 0.15) is 22.8 Å². The average Bonchev–Trinajstić information content (AvgIpc) is 3.08. The number of nitrogens with one attached hydrogen (secondary N) is 1. The Balaban J connectivity index is 1.82. The van der Waals surface area contributed by atoms with Crippen molar-refractivity contribution >= 4 is 43.1 Å². The maximum atomic E-state index is 13.3. The molecule has 0 amide bonds. The number of nitrogens with two attached hydrogens (primary N) is 1. The lowest BCUT2D eigenvalue weighted by Gasteiger charge is -2.11. The van der Waals surface area contributed by atoms with E-state index in [-0.39, 0.29) is 10.7 Å². The third-order valence-electron chi connectivity index (χ3n) is 4.28. The maximum Gasteiger partial charge on any atom is 0.238 e. The Hall–Kier alpha value is -2.88. The maximum absolute atomic E-state index is 13.3. The second-order valence-corrected chi connectivity index (χ2v) is 8.60. The molecule has 0 saturated carbocycles. The van der Waals surface area contributed by atoms with Gasteiger partial charge in [0.05, 0.1) is 10.3 Å². The number of aromatic nitrogens is 2. The minimum atomic E-state index is -3.84. The smallest absolute Gasteiger partial charge is 0.238 e. The van der Waals surface area contributed by atoms with Crippen LogP contribution in [0.15, 0.2) is 59.1 Å². The van der Waals surface area contributed by atoms with Gasteiger partial charge in [-0.25, -0.2) is 27.9 Å². The van der Waals surface area contributed by atoms with Crippen LogP contribution in [0, 0.1) is 12.7 Å². The summed E-state index contributed by atoms with van der Waals surface area (Å²) in [7, 11) is -3.84. The van der Waals surface area contributed by atoms with Gasteiger partial charge >= 0.3 is 0 Å². The molecule has 4 rings (SSSR count). The van der Waals surface area contributed by atoms with Gasteiger partial charge in [0.15, 0.2) is 0 Å². The van der Waals surface area contributed by atoms with E-state index in [0.29, 0.717) is 17.1 Å². The van der Waals surface area contributed by atoms with Gasteiger partial charge < -0.3 is 5.32 Å². The highest BCUT2D eigenvalue weighted by Gasteiger charge is 2.16. The molecule has 0 saturated heterocycles. The van der Waals surface area contributed by atoms with Crippen LogP contribution >= 0.6 is 11.3 Å². The van der Waals surface area contributed by atoms with Gasteiger partial charge in [0.25, 0.3) is 0 Å². The molecule has 0 unspecified atom stereocenters. The van der Waals surface area contributed by atoms with Crippen molar-refractivity contribution in [3.63, 3.8) is 0 Å². The van der Waals surface area contributed by atoms with Crippen molar-refractivity contribution in [2.75, 3.05) is 5.32 Å². The summed E-state index contributed by atoms with van der Waals surface area (Å²) in [5.74, 6) is 0.211. The van der Waals surface area contributed by atoms with E-state index in [1.54, 1.807) is 31.2 Å². The lowest BCUT2D eigenvalue weighted by atomic mass is 10.1. The number of hydrogen-bond donors (Lipinski definition) is 2. The molecule has 9 heteroatoms. The predicted octanol–water partition coefficient (Wildman–Crippen LogP) is 4.20. The van der Waals surface area contributed by atoms with Crippen molar-refractivity contribution in [2.24, 2.45) is 5.14 Å². The van der Waals surface area contributed by atoms with Crippen LogP contribution in [-0.4, -0.2) is 18.4 Å². The van der Waals surface area contributed by atoms with Crippen LogP contribution in [0.1, 0.15) is 5.56 Å². The predicted molar refractivity (Wildman–Crippen MR) is 109 cm³/mol. The van der Waals surface area contributed by atoms with E-state index in [4.69, 9.17) is 5.14 Å². The molecule has 0 aliphatic rings. The molecule has 6 nitrogen and oxygen atoms in total. The zero-order valence-electron chi connectivity index (χ0n) is 14.7. The van der Waals surface area contributed by atoms with Gasteiger partial charge in [-0.2, -0.15) is 0 Å². The first kappa shape index (κ1) is 18.5. The lowest BCUT2D eigenvalue weighted by molar-refractivity contribution is 0.597. The number of primary sulfonamides is 1. The SMILES string of the molecule is Cc1ccc(Nc2ncnc3scc(-c4ccc(F)cc4)c23)cc1S(N)(=O)=O. The summed E-state index contributed by atoms with van der Waals surface area (Å²) in [4.78, 5) is 9.43. The normalized spacial score (nSPS) is 11.7. The van der Waals surface area contributed by atoms with E-state index in [1.165, 1.54) is 35.9 Å². The van der Waals surface area contributed by atoms with Crippen molar-refractivity contribution in [2.45, 2.75) is 11.8 Å². The highest BCUT2D eigenvalue weighted by atomic mass is 32.2. The summed E-state index contributed by atoms with van der Waals surface area (Å²) in [6.07, 6.45) is 1.43. The number of benzene rings is 2. The van der Waals surface area contributed by atoms with E-state index in [0.717, 1.165) is 21.3 Å². The van der Waals surface area contributed by atoms with Gasteiger partial charge in [0.2, 0.25) is 10.0 Å². The molecule has 4 aromatic rings. The number of rotatable bonds is 4. The number of halogens is 1. The fraction of sp³-hybridized carbons (Fsp3) is 0.0526. The average molecular weight is 414 g/mol. The zero-order chi connectivity index (χ0) is 19.9. The molecule has 142 valence electrons. The molecule has 2 heterocycles. The minimum absolute atomic E-state index is 0.0480. The second kappa shape index (κ2) is 6.93. The van der Waals surface area contributed by atoms with Crippen molar-refractivity contribution in [3.05, 3.63) is 65.6 Å². The van der Waals surface area contributed by atoms with Crippen molar-refractivity contribution in [3.8, 4) is 11.1 Å². The fourth-order valence-electron chi connectivity index (χ4n) is 2.93. The van der Waals surface area contributed by atoms with E-state index in [2.05, 4.69) is 15.3 Å². The van der Waals surface area contributed by atoms with Gasteiger partial charge in [-0.15, -0.1) is 11.3 Å². The third kappa shape index (κ3) is 3.47. The molecule has 0 fully saturated rings. The standard InChI is InChI=1S/C19H15FN4O2S2/c1-11-2-7-14(8-16(11)28(21,25)26)24-18-17-15(9-27-19(17)23-10-22-18)12-3-5-13(20)6-4-12/h2-10H,1H3,(H2,21,25,26)(H,22,23,24). The van der Waals surface area contributed by atoms with Gasteiger partial charge in [0, 0.05) is 16.6 Å². The molecule has 3 N–H and O–H groups in total. The van der Waals surface area contributed by atoms with E-state index in [1.807, 2.05) is 5.38 Å². The van der Waals surface area contributed by atoms with E-state index >= 15 is 0 Å². The Labute approximate surface area is 164 Å². The molecule has 0 atom stereocenters. The molecule has 2 aromatic carbocycles. The Bertz CT molecular complexity index is 1290. The van der Waals surface area contributed by atoms with Crippen LogP contribution in [0.5, 0.6) is 0 Å². The number of anilines is 2. The Morgan fingerprint density at radius 2 is 1.86 bits per heavy atom. The molecular formula is C19H15FN4O2S2. The second-order valence-electron chi connectivity index (χ2n) is 6.21. The number of thiophene rings is 1. The van der Waals surface area contributed by atoms with Crippen molar-refractivity contribution in [1.82, 2.24) is 9.97 Å². The summed E-state index contributed by atoms with van der Waals surface area (Å²) >= 11 is 1.45. The Morgan fingerprint density at radius 1 is 1.11 bits per heavy atom. The zero-order valence-corrected chi connectivity index (χ0v) is 16.3. The topological polar surface area (TPSA) is 98.0 Å². The molecule has 0 bridgehead atoms.